The minimum Gasteiger partial charge on any atom is -0.388 e. The summed E-state index contributed by atoms with van der Waals surface area (Å²) in [5.74, 6) is -0.0688. The van der Waals surface area contributed by atoms with Crippen molar-refractivity contribution in [3.8, 4) is 0 Å². The van der Waals surface area contributed by atoms with Crippen molar-refractivity contribution in [1.82, 2.24) is 0 Å². The Balaban J connectivity index is 3.79. The topological polar surface area (TPSA) is 37.3 Å². The highest BCUT2D eigenvalue weighted by Gasteiger charge is 2.31. The van der Waals surface area contributed by atoms with Gasteiger partial charge in [-0.3, -0.25) is 4.79 Å². The summed E-state index contributed by atoms with van der Waals surface area (Å²) in [5, 5.41) is 9.24. The lowest BCUT2D eigenvalue weighted by Crippen LogP contribution is -2.27. The molecule has 0 rings (SSSR count). The van der Waals surface area contributed by atoms with Crippen LogP contribution in [-0.2, 0) is 4.79 Å². The molecule has 0 spiro atoms. The van der Waals surface area contributed by atoms with Crippen LogP contribution in [0.25, 0.3) is 0 Å². The molecule has 2 nitrogen and oxygen atoms in total. The molecule has 0 amide bonds. The van der Waals surface area contributed by atoms with E-state index in [0.29, 0.717) is 6.42 Å². The zero-order chi connectivity index (χ0) is 10.5. The number of alkyl halides is 3. The van der Waals surface area contributed by atoms with Gasteiger partial charge in [-0.05, 0) is 6.42 Å². The summed E-state index contributed by atoms with van der Waals surface area (Å²) < 4.78 is -1.76. The first kappa shape index (κ1) is 13.5. The quantitative estimate of drug-likeness (QED) is 0.759. The van der Waals surface area contributed by atoms with Gasteiger partial charge >= 0.3 is 0 Å². The van der Waals surface area contributed by atoms with Crippen molar-refractivity contribution < 1.29 is 9.90 Å². The van der Waals surface area contributed by atoms with Crippen LogP contribution in [0.1, 0.15) is 32.6 Å². The Labute approximate surface area is 93.2 Å². The van der Waals surface area contributed by atoms with Gasteiger partial charge in [0.25, 0.3) is 0 Å². The molecule has 0 radical (unpaired) electrons. The van der Waals surface area contributed by atoms with Crippen LogP contribution in [0.5, 0.6) is 0 Å². The third-order valence-electron chi connectivity index (χ3n) is 1.61. The van der Waals surface area contributed by atoms with Gasteiger partial charge in [0.1, 0.15) is 11.9 Å². The van der Waals surface area contributed by atoms with Crippen molar-refractivity contribution in [2.45, 2.75) is 42.5 Å². The molecule has 0 fully saturated rings. The minimum absolute atomic E-state index is 0.0688. The van der Waals surface area contributed by atoms with Gasteiger partial charge in [-0.2, -0.15) is 0 Å². The molecule has 0 heterocycles. The summed E-state index contributed by atoms with van der Waals surface area (Å²) in [4.78, 5) is 11.1. The number of Topliss-reactive ketones (excluding diaryl/α,β-unsaturated/α-hetero) is 1. The standard InChI is InChI=1S/C8H13Cl3O2/c1-2-3-4-6(12)5-7(13)8(9,10)11/h7,13H,2-5H2,1H3. The zero-order valence-corrected chi connectivity index (χ0v) is 9.66. The number of unbranched alkanes of at least 4 members (excludes halogenated alkanes) is 1. The highest BCUT2D eigenvalue weighted by molar-refractivity contribution is 6.68. The van der Waals surface area contributed by atoms with Crippen LogP contribution in [0.15, 0.2) is 0 Å². The molecule has 0 bridgehead atoms. The molecule has 13 heavy (non-hydrogen) atoms. The van der Waals surface area contributed by atoms with Crippen LogP contribution in [0.2, 0.25) is 0 Å². The maximum absolute atomic E-state index is 11.1. The van der Waals surface area contributed by atoms with Crippen molar-refractivity contribution in [1.29, 1.82) is 0 Å². The normalized spacial score (nSPS) is 14.2. The number of hydrogen-bond donors (Lipinski definition) is 1. The summed E-state index contributed by atoms with van der Waals surface area (Å²) in [6, 6.07) is 0. The van der Waals surface area contributed by atoms with E-state index in [0.717, 1.165) is 12.8 Å². The molecule has 0 aliphatic heterocycles. The van der Waals surface area contributed by atoms with E-state index in [2.05, 4.69) is 0 Å². The fourth-order valence-corrected chi connectivity index (χ4v) is 1.04. The number of hydrogen-bond acceptors (Lipinski definition) is 2. The number of carbonyl (C=O) groups excluding carboxylic acids is 1. The number of carbonyl (C=O) groups is 1. The lowest BCUT2D eigenvalue weighted by Gasteiger charge is -2.17. The van der Waals surface area contributed by atoms with Gasteiger partial charge in [0, 0.05) is 12.8 Å². The van der Waals surface area contributed by atoms with E-state index < -0.39 is 9.90 Å². The molecule has 0 aliphatic rings. The molecule has 0 saturated carbocycles. The molecule has 78 valence electrons. The van der Waals surface area contributed by atoms with Crippen LogP contribution in [0.4, 0.5) is 0 Å². The summed E-state index contributed by atoms with van der Waals surface area (Å²) in [6.45, 7) is 1.98. The van der Waals surface area contributed by atoms with Gasteiger partial charge < -0.3 is 5.11 Å². The number of aliphatic hydroxyl groups is 1. The minimum atomic E-state index is -1.76. The number of aliphatic hydroxyl groups excluding tert-OH is 1. The van der Waals surface area contributed by atoms with Gasteiger partial charge in [0.15, 0.2) is 0 Å². The van der Waals surface area contributed by atoms with Gasteiger partial charge in [-0.25, -0.2) is 0 Å². The molecule has 0 aliphatic carbocycles. The Hall–Kier alpha value is 0.500. The molecule has 0 saturated heterocycles. The fourth-order valence-electron chi connectivity index (χ4n) is 0.807. The Morgan fingerprint density at radius 2 is 2.00 bits per heavy atom. The number of rotatable bonds is 5. The summed E-state index contributed by atoms with van der Waals surface area (Å²) >= 11 is 16.2. The number of halogens is 3. The van der Waals surface area contributed by atoms with Crippen molar-refractivity contribution in [2.24, 2.45) is 0 Å². The first-order valence-corrected chi connectivity index (χ1v) is 5.27. The second-order valence-electron chi connectivity index (χ2n) is 2.90. The van der Waals surface area contributed by atoms with Crippen LogP contribution in [0, 0.1) is 0 Å². The molecule has 5 heteroatoms. The van der Waals surface area contributed by atoms with E-state index >= 15 is 0 Å². The van der Waals surface area contributed by atoms with Gasteiger partial charge in [0.05, 0.1) is 0 Å². The Kier molecular flexibility index (Phi) is 6.31. The SMILES string of the molecule is CCCCC(=O)CC(O)C(Cl)(Cl)Cl. The lowest BCUT2D eigenvalue weighted by atomic mass is 10.1. The molecule has 1 atom stereocenters. The smallest absolute Gasteiger partial charge is 0.216 e. The highest BCUT2D eigenvalue weighted by Crippen LogP contribution is 2.32. The molecular formula is C8H13Cl3O2. The van der Waals surface area contributed by atoms with Crippen LogP contribution in [0.3, 0.4) is 0 Å². The predicted molar refractivity (Wildman–Crippen MR) is 55.4 cm³/mol. The first-order chi connectivity index (χ1) is 5.88. The van der Waals surface area contributed by atoms with Gasteiger partial charge in [-0.1, -0.05) is 48.1 Å². The van der Waals surface area contributed by atoms with E-state index in [1.54, 1.807) is 0 Å². The first-order valence-electron chi connectivity index (χ1n) is 4.14. The monoisotopic (exact) mass is 246 g/mol. The average Bonchev–Trinajstić information content (AvgIpc) is 1.99. The molecular weight excluding hydrogens is 234 g/mol. The zero-order valence-electron chi connectivity index (χ0n) is 7.40. The van der Waals surface area contributed by atoms with Crippen LogP contribution >= 0.6 is 34.8 Å². The third kappa shape index (κ3) is 6.55. The summed E-state index contributed by atoms with van der Waals surface area (Å²) in [5.41, 5.74) is 0. The molecule has 0 aromatic carbocycles. The largest absolute Gasteiger partial charge is 0.388 e. The van der Waals surface area contributed by atoms with E-state index in [1.807, 2.05) is 6.92 Å². The van der Waals surface area contributed by atoms with Crippen molar-refractivity contribution in [2.75, 3.05) is 0 Å². The fraction of sp³-hybridized carbons (Fsp3) is 0.875. The molecule has 1 N–H and O–H groups in total. The average molecular weight is 248 g/mol. The Bertz CT molecular complexity index is 165. The molecule has 0 aromatic rings. The Morgan fingerprint density at radius 1 is 1.46 bits per heavy atom. The van der Waals surface area contributed by atoms with E-state index in [-0.39, 0.29) is 12.2 Å². The highest BCUT2D eigenvalue weighted by atomic mass is 35.6. The maximum Gasteiger partial charge on any atom is 0.216 e. The second kappa shape index (κ2) is 6.07. The van der Waals surface area contributed by atoms with E-state index in [4.69, 9.17) is 34.8 Å². The summed E-state index contributed by atoms with van der Waals surface area (Å²) in [7, 11) is 0. The van der Waals surface area contributed by atoms with Crippen molar-refractivity contribution in [3.05, 3.63) is 0 Å². The maximum atomic E-state index is 11.1. The van der Waals surface area contributed by atoms with Gasteiger partial charge in [0.2, 0.25) is 3.79 Å². The van der Waals surface area contributed by atoms with E-state index in [9.17, 15) is 9.90 Å². The van der Waals surface area contributed by atoms with Gasteiger partial charge in [-0.15, -0.1) is 0 Å². The van der Waals surface area contributed by atoms with Crippen molar-refractivity contribution in [3.63, 3.8) is 0 Å². The molecule has 1 unspecified atom stereocenters. The van der Waals surface area contributed by atoms with E-state index in [1.165, 1.54) is 0 Å². The number of ketones is 1. The predicted octanol–water partition coefficient (Wildman–Crippen LogP) is 2.87. The third-order valence-corrected chi connectivity index (χ3v) is 2.36. The molecule has 0 aromatic heterocycles. The summed E-state index contributed by atoms with van der Waals surface area (Å²) in [6.07, 6.45) is 0.896. The van der Waals surface area contributed by atoms with Crippen molar-refractivity contribution >= 4 is 40.6 Å². The second-order valence-corrected chi connectivity index (χ2v) is 5.27. The van der Waals surface area contributed by atoms with Crippen LogP contribution in [-0.4, -0.2) is 20.8 Å². The lowest BCUT2D eigenvalue weighted by molar-refractivity contribution is -0.121. The Morgan fingerprint density at radius 3 is 2.38 bits per heavy atom. The van der Waals surface area contributed by atoms with Crippen LogP contribution < -0.4 is 0 Å².